The molecule has 0 fully saturated rings. The van der Waals surface area contributed by atoms with Gasteiger partial charge in [-0.15, -0.1) is 0 Å². The fourth-order valence-corrected chi connectivity index (χ4v) is 2.13. The van der Waals surface area contributed by atoms with Crippen LogP contribution in [0.25, 0.3) is 10.9 Å². The molecule has 1 aromatic heterocycles. The molecule has 5 heteroatoms. The summed E-state index contributed by atoms with van der Waals surface area (Å²) in [4.78, 5) is 21.4. The first-order chi connectivity index (χ1) is 9.15. The number of aliphatic hydroxyl groups is 1. The minimum absolute atomic E-state index is 0.102. The lowest BCUT2D eigenvalue weighted by Gasteiger charge is -2.18. The summed E-state index contributed by atoms with van der Waals surface area (Å²) in [6.07, 6.45) is 0. The van der Waals surface area contributed by atoms with Gasteiger partial charge in [-0.1, -0.05) is 19.1 Å². The van der Waals surface area contributed by atoms with Gasteiger partial charge in [0.1, 0.15) is 5.82 Å². The Balaban J connectivity index is 2.40. The Labute approximate surface area is 111 Å². The molecular formula is C14H19N3O2. The molecule has 0 saturated carbocycles. The maximum absolute atomic E-state index is 12.0. The van der Waals surface area contributed by atoms with E-state index in [1.54, 1.807) is 6.07 Å². The van der Waals surface area contributed by atoms with Crippen LogP contribution in [-0.2, 0) is 6.54 Å². The Kier molecular flexibility index (Phi) is 4.29. The zero-order valence-electron chi connectivity index (χ0n) is 11.3. The lowest BCUT2D eigenvalue weighted by atomic mass is 10.1. The molecule has 0 bridgehead atoms. The number of aromatic nitrogens is 2. The molecule has 0 aliphatic carbocycles. The average Bonchev–Trinajstić information content (AvgIpc) is 2.39. The van der Waals surface area contributed by atoms with Crippen molar-refractivity contribution in [3.8, 4) is 0 Å². The van der Waals surface area contributed by atoms with Gasteiger partial charge in [-0.05, 0) is 25.1 Å². The van der Waals surface area contributed by atoms with Gasteiger partial charge >= 0.3 is 0 Å². The summed E-state index contributed by atoms with van der Waals surface area (Å²) in [5.41, 5.74) is 1.64. The Bertz CT molecular complexity index is 622. The van der Waals surface area contributed by atoms with Gasteiger partial charge in [0.2, 0.25) is 0 Å². The van der Waals surface area contributed by atoms with Crippen LogP contribution in [0.4, 0.5) is 0 Å². The highest BCUT2D eigenvalue weighted by molar-refractivity contribution is 5.80. The van der Waals surface area contributed by atoms with Crippen LogP contribution < -0.4 is 5.56 Å². The molecule has 0 aliphatic rings. The van der Waals surface area contributed by atoms with E-state index in [1.165, 1.54) is 0 Å². The minimum atomic E-state index is -0.108. The number of benzene rings is 1. The van der Waals surface area contributed by atoms with Gasteiger partial charge in [0.25, 0.3) is 5.56 Å². The Morgan fingerprint density at radius 3 is 2.89 bits per heavy atom. The molecule has 0 radical (unpaired) electrons. The maximum Gasteiger partial charge on any atom is 0.258 e. The van der Waals surface area contributed by atoms with Gasteiger partial charge < -0.3 is 10.1 Å². The highest BCUT2D eigenvalue weighted by atomic mass is 16.3. The molecule has 0 aliphatic heterocycles. The fourth-order valence-electron chi connectivity index (χ4n) is 2.13. The van der Waals surface area contributed by atoms with Crippen molar-refractivity contribution in [2.75, 3.05) is 19.7 Å². The molecule has 2 aromatic rings. The Morgan fingerprint density at radius 2 is 2.21 bits per heavy atom. The topological polar surface area (TPSA) is 69.2 Å². The van der Waals surface area contributed by atoms with Crippen LogP contribution in [0.2, 0.25) is 0 Å². The lowest BCUT2D eigenvalue weighted by Crippen LogP contribution is -2.28. The van der Waals surface area contributed by atoms with Crippen LogP contribution >= 0.6 is 0 Å². The van der Waals surface area contributed by atoms with E-state index >= 15 is 0 Å². The number of rotatable bonds is 5. The highest BCUT2D eigenvalue weighted by Gasteiger charge is 2.09. The fraction of sp³-hybridized carbons (Fsp3) is 0.429. The Morgan fingerprint density at radius 1 is 1.42 bits per heavy atom. The predicted octanol–water partition coefficient (Wildman–Crippen LogP) is 1.05. The predicted molar refractivity (Wildman–Crippen MR) is 75.1 cm³/mol. The van der Waals surface area contributed by atoms with Crippen molar-refractivity contribution in [3.05, 3.63) is 39.9 Å². The van der Waals surface area contributed by atoms with E-state index in [-0.39, 0.29) is 12.2 Å². The van der Waals surface area contributed by atoms with Crippen LogP contribution in [0.1, 0.15) is 18.3 Å². The number of aliphatic hydroxyl groups excluding tert-OH is 1. The maximum atomic E-state index is 12.0. The number of para-hydroxylation sites is 1. The van der Waals surface area contributed by atoms with Crippen LogP contribution in [0, 0.1) is 6.92 Å². The third kappa shape index (κ3) is 3.00. The van der Waals surface area contributed by atoms with E-state index < -0.39 is 0 Å². The number of hydrogen-bond donors (Lipinski definition) is 2. The quantitative estimate of drug-likeness (QED) is 0.844. The van der Waals surface area contributed by atoms with E-state index in [9.17, 15) is 4.79 Å². The van der Waals surface area contributed by atoms with Crippen molar-refractivity contribution in [3.63, 3.8) is 0 Å². The van der Waals surface area contributed by atoms with E-state index in [0.717, 1.165) is 17.6 Å². The highest BCUT2D eigenvalue weighted by Crippen LogP contribution is 2.12. The van der Waals surface area contributed by atoms with Crippen molar-refractivity contribution < 1.29 is 5.11 Å². The minimum Gasteiger partial charge on any atom is -0.395 e. The summed E-state index contributed by atoms with van der Waals surface area (Å²) in [7, 11) is 0. The van der Waals surface area contributed by atoms with E-state index in [2.05, 4.69) is 9.97 Å². The number of likely N-dealkylation sites (N-methyl/N-ethyl adjacent to an activating group) is 1. The first kappa shape index (κ1) is 13.7. The molecule has 0 spiro atoms. The molecule has 5 nitrogen and oxygen atoms in total. The lowest BCUT2D eigenvalue weighted by molar-refractivity contribution is 0.194. The molecule has 1 aromatic carbocycles. The first-order valence-electron chi connectivity index (χ1n) is 6.47. The second-order valence-electron chi connectivity index (χ2n) is 4.58. The zero-order chi connectivity index (χ0) is 13.8. The smallest absolute Gasteiger partial charge is 0.258 e. The largest absolute Gasteiger partial charge is 0.395 e. The Hall–Kier alpha value is -1.72. The standard InChI is InChI=1S/C14H19N3O2/c1-3-17(7-8-18)9-12-15-13-10(2)5-4-6-11(13)14(19)16-12/h4-6,18H,3,7-9H2,1-2H3,(H,15,16,19). The summed E-state index contributed by atoms with van der Waals surface area (Å²) in [6.45, 7) is 5.98. The van der Waals surface area contributed by atoms with E-state index in [4.69, 9.17) is 5.11 Å². The molecule has 2 rings (SSSR count). The van der Waals surface area contributed by atoms with Crippen LogP contribution in [0.15, 0.2) is 23.0 Å². The number of fused-ring (bicyclic) bond motifs is 1. The number of hydrogen-bond acceptors (Lipinski definition) is 4. The van der Waals surface area contributed by atoms with Gasteiger partial charge in [-0.2, -0.15) is 0 Å². The van der Waals surface area contributed by atoms with Crippen molar-refractivity contribution >= 4 is 10.9 Å². The molecule has 0 amide bonds. The van der Waals surface area contributed by atoms with Crippen LogP contribution in [0.3, 0.4) is 0 Å². The SMILES string of the molecule is CCN(CCO)Cc1nc2c(C)cccc2c(=O)[nH]1. The van der Waals surface area contributed by atoms with E-state index in [0.29, 0.717) is 24.3 Å². The van der Waals surface area contributed by atoms with Crippen molar-refractivity contribution in [2.45, 2.75) is 20.4 Å². The second-order valence-corrected chi connectivity index (χ2v) is 4.58. The molecule has 0 unspecified atom stereocenters. The number of aryl methyl sites for hydroxylation is 1. The number of nitrogens with one attached hydrogen (secondary N) is 1. The molecular weight excluding hydrogens is 242 g/mol. The van der Waals surface area contributed by atoms with Gasteiger partial charge in [0, 0.05) is 6.54 Å². The summed E-state index contributed by atoms with van der Waals surface area (Å²) >= 11 is 0. The van der Waals surface area contributed by atoms with Crippen molar-refractivity contribution in [2.24, 2.45) is 0 Å². The number of nitrogens with zero attached hydrogens (tertiary/aromatic N) is 2. The van der Waals surface area contributed by atoms with Crippen molar-refractivity contribution in [1.82, 2.24) is 14.9 Å². The number of H-pyrrole nitrogens is 1. The van der Waals surface area contributed by atoms with Crippen LogP contribution in [-0.4, -0.2) is 39.7 Å². The van der Waals surface area contributed by atoms with Gasteiger partial charge in [0.15, 0.2) is 0 Å². The zero-order valence-corrected chi connectivity index (χ0v) is 11.3. The summed E-state index contributed by atoms with van der Waals surface area (Å²) < 4.78 is 0. The third-order valence-electron chi connectivity index (χ3n) is 3.22. The average molecular weight is 261 g/mol. The van der Waals surface area contributed by atoms with Gasteiger partial charge in [-0.3, -0.25) is 9.69 Å². The third-order valence-corrected chi connectivity index (χ3v) is 3.22. The summed E-state index contributed by atoms with van der Waals surface area (Å²) in [5.74, 6) is 0.641. The van der Waals surface area contributed by atoms with Gasteiger partial charge in [-0.25, -0.2) is 4.98 Å². The normalized spacial score (nSPS) is 11.4. The van der Waals surface area contributed by atoms with E-state index in [1.807, 2.05) is 30.9 Å². The summed E-state index contributed by atoms with van der Waals surface area (Å²) in [6, 6.07) is 5.59. The molecule has 0 saturated heterocycles. The molecule has 102 valence electrons. The monoisotopic (exact) mass is 261 g/mol. The van der Waals surface area contributed by atoms with Gasteiger partial charge in [0.05, 0.1) is 24.1 Å². The molecule has 2 N–H and O–H groups in total. The molecule has 19 heavy (non-hydrogen) atoms. The van der Waals surface area contributed by atoms with Crippen LogP contribution in [0.5, 0.6) is 0 Å². The molecule has 1 heterocycles. The van der Waals surface area contributed by atoms with Crippen molar-refractivity contribution in [1.29, 1.82) is 0 Å². The summed E-state index contributed by atoms with van der Waals surface area (Å²) in [5, 5.41) is 9.60. The molecule has 0 atom stereocenters. The first-order valence-corrected chi connectivity index (χ1v) is 6.47. The number of aromatic amines is 1. The second kappa shape index (κ2) is 5.95.